The van der Waals surface area contributed by atoms with Crippen LogP contribution in [-0.2, 0) is 0 Å². The Labute approximate surface area is 158 Å². The van der Waals surface area contributed by atoms with Gasteiger partial charge in [0.2, 0.25) is 0 Å². The quantitative estimate of drug-likeness (QED) is 0.488. The average Bonchev–Trinajstić information content (AvgIpc) is 2.55. The molecule has 0 saturated carbocycles. The van der Waals surface area contributed by atoms with Crippen molar-refractivity contribution in [3.05, 3.63) is 51.6 Å². The molecule has 0 aliphatic heterocycles. The number of nitrogens with zero attached hydrogens (tertiary/aromatic N) is 1. The Hall–Kier alpha value is -1.49. The maximum atomic E-state index is 13.9. The number of anilines is 2. The molecule has 0 fully saturated rings. The van der Waals surface area contributed by atoms with Crippen LogP contribution in [0.1, 0.15) is 10.4 Å². The largest absolute Gasteiger partial charge is 0.394 e. The van der Waals surface area contributed by atoms with Gasteiger partial charge in [-0.15, -0.1) is 12.4 Å². The Bertz CT molecular complexity index is 705. The van der Waals surface area contributed by atoms with Gasteiger partial charge in [-0.25, -0.2) is 4.39 Å². The Morgan fingerprint density at radius 2 is 2.08 bits per heavy atom. The fraction of sp³-hybridized carbons (Fsp3) is 0.200. The zero-order valence-electron chi connectivity index (χ0n) is 12.4. The minimum atomic E-state index is -1.04. The highest BCUT2D eigenvalue weighted by molar-refractivity contribution is 14.1. The van der Waals surface area contributed by atoms with Crippen LogP contribution < -0.4 is 10.6 Å². The molecule has 0 unspecified atom stereocenters. The fourth-order valence-corrected chi connectivity index (χ4v) is 2.25. The summed E-state index contributed by atoms with van der Waals surface area (Å²) in [6, 6.07) is 6.16. The van der Waals surface area contributed by atoms with Crippen LogP contribution in [0, 0.1) is 9.39 Å². The van der Waals surface area contributed by atoms with Crippen molar-refractivity contribution in [2.45, 2.75) is 6.10 Å². The second-order valence-corrected chi connectivity index (χ2v) is 5.96. The van der Waals surface area contributed by atoms with Crippen molar-refractivity contribution in [1.29, 1.82) is 0 Å². The minimum Gasteiger partial charge on any atom is -0.394 e. The molecule has 1 amide bonds. The van der Waals surface area contributed by atoms with Gasteiger partial charge in [0.1, 0.15) is 5.82 Å². The predicted molar refractivity (Wildman–Crippen MR) is 99.3 cm³/mol. The first kappa shape index (κ1) is 20.6. The van der Waals surface area contributed by atoms with E-state index in [1.807, 2.05) is 22.6 Å². The molecule has 2 rings (SSSR count). The third kappa shape index (κ3) is 5.55. The van der Waals surface area contributed by atoms with Gasteiger partial charge >= 0.3 is 0 Å². The number of amides is 1. The van der Waals surface area contributed by atoms with Gasteiger partial charge in [0.25, 0.3) is 5.91 Å². The minimum absolute atomic E-state index is 0. The van der Waals surface area contributed by atoms with Crippen molar-refractivity contribution >= 4 is 52.3 Å². The average molecular weight is 468 g/mol. The van der Waals surface area contributed by atoms with Gasteiger partial charge in [-0.2, -0.15) is 0 Å². The number of nitrogens with one attached hydrogen (secondary N) is 2. The van der Waals surface area contributed by atoms with E-state index in [0.717, 1.165) is 3.57 Å². The number of benzene rings is 1. The molecular weight excluding hydrogens is 452 g/mol. The molecule has 1 aromatic heterocycles. The number of hydrogen-bond donors (Lipinski definition) is 4. The molecule has 6 nitrogen and oxygen atoms in total. The van der Waals surface area contributed by atoms with Gasteiger partial charge in [0, 0.05) is 16.3 Å². The highest BCUT2D eigenvalue weighted by Crippen LogP contribution is 2.23. The normalized spacial score (nSPS) is 11.3. The zero-order chi connectivity index (χ0) is 16.8. The monoisotopic (exact) mass is 467 g/mol. The molecule has 1 heterocycles. The fourth-order valence-electron chi connectivity index (χ4n) is 1.80. The molecule has 9 heteroatoms. The van der Waals surface area contributed by atoms with E-state index < -0.39 is 24.4 Å². The van der Waals surface area contributed by atoms with E-state index in [0.29, 0.717) is 5.69 Å². The molecule has 2 aromatic rings. The lowest BCUT2D eigenvalue weighted by atomic mass is 10.2. The zero-order valence-corrected chi connectivity index (χ0v) is 15.3. The van der Waals surface area contributed by atoms with Gasteiger partial charge in [-0.3, -0.25) is 9.78 Å². The summed E-state index contributed by atoms with van der Waals surface area (Å²) >= 11 is 2.00. The number of halogens is 3. The third-order valence-electron chi connectivity index (χ3n) is 2.98. The summed E-state index contributed by atoms with van der Waals surface area (Å²) in [5, 5.41) is 23.4. The number of aliphatic hydroxyl groups excluding tert-OH is 2. The first-order valence-corrected chi connectivity index (χ1v) is 7.82. The number of pyridine rings is 1. The predicted octanol–water partition coefficient (Wildman–Crippen LogP) is 2.07. The lowest BCUT2D eigenvalue weighted by Crippen LogP contribution is -2.34. The van der Waals surface area contributed by atoms with E-state index in [1.165, 1.54) is 24.5 Å². The van der Waals surface area contributed by atoms with Crippen LogP contribution in [0.5, 0.6) is 0 Å². The lowest BCUT2D eigenvalue weighted by molar-refractivity contribution is 0.0802. The summed E-state index contributed by atoms with van der Waals surface area (Å²) in [5.41, 5.74) is 0.814. The number of rotatable bonds is 6. The Balaban J connectivity index is 0.00000288. The molecule has 0 aliphatic rings. The molecule has 24 heavy (non-hydrogen) atoms. The number of carbonyl (C=O) groups excluding carboxylic acids is 1. The van der Waals surface area contributed by atoms with E-state index >= 15 is 0 Å². The molecule has 0 radical (unpaired) electrons. The molecule has 0 saturated heterocycles. The van der Waals surface area contributed by atoms with Gasteiger partial charge in [-0.05, 0) is 46.9 Å². The summed E-state index contributed by atoms with van der Waals surface area (Å²) in [5.74, 6) is -0.906. The van der Waals surface area contributed by atoms with E-state index in [-0.39, 0.29) is 30.2 Å². The van der Waals surface area contributed by atoms with Gasteiger partial charge in [0.05, 0.1) is 35.8 Å². The highest BCUT2D eigenvalue weighted by Gasteiger charge is 2.14. The smallest absolute Gasteiger partial charge is 0.253 e. The Morgan fingerprint density at radius 3 is 2.75 bits per heavy atom. The van der Waals surface area contributed by atoms with Gasteiger partial charge in [-0.1, -0.05) is 0 Å². The number of carbonyl (C=O) groups is 1. The van der Waals surface area contributed by atoms with Crippen LogP contribution in [0.4, 0.5) is 15.8 Å². The van der Waals surface area contributed by atoms with E-state index in [2.05, 4.69) is 15.6 Å². The number of aliphatic hydroxyl groups is 2. The van der Waals surface area contributed by atoms with Gasteiger partial charge in [0.15, 0.2) is 0 Å². The third-order valence-corrected chi connectivity index (χ3v) is 3.65. The standard InChI is InChI=1S/C15H15FIN3O3.ClH/c16-12-5-9(17)1-2-13(12)20-14-7-18-4-3-11(14)15(23)19-6-10(22)8-21;/h1-5,7,10,20-22H,6,8H2,(H,19,23);1H/t10-;/m1./s1. The number of aromatic nitrogens is 1. The summed E-state index contributed by atoms with van der Waals surface area (Å²) < 4.78 is 14.7. The van der Waals surface area contributed by atoms with Crippen LogP contribution in [0.2, 0.25) is 0 Å². The van der Waals surface area contributed by atoms with Crippen molar-refractivity contribution < 1.29 is 19.4 Å². The Morgan fingerprint density at radius 1 is 1.33 bits per heavy atom. The second-order valence-electron chi connectivity index (χ2n) is 4.72. The summed E-state index contributed by atoms with van der Waals surface area (Å²) in [6.07, 6.45) is 1.81. The summed E-state index contributed by atoms with van der Waals surface area (Å²) in [4.78, 5) is 16.1. The van der Waals surface area contributed by atoms with E-state index in [9.17, 15) is 14.3 Å². The summed E-state index contributed by atoms with van der Waals surface area (Å²) in [7, 11) is 0. The van der Waals surface area contributed by atoms with Crippen molar-refractivity contribution in [3.8, 4) is 0 Å². The molecule has 0 aliphatic carbocycles. The van der Waals surface area contributed by atoms with Crippen LogP contribution in [0.3, 0.4) is 0 Å². The lowest BCUT2D eigenvalue weighted by Gasteiger charge is -2.13. The first-order chi connectivity index (χ1) is 11.0. The van der Waals surface area contributed by atoms with Crippen molar-refractivity contribution in [1.82, 2.24) is 10.3 Å². The van der Waals surface area contributed by atoms with Crippen molar-refractivity contribution in [2.75, 3.05) is 18.5 Å². The maximum Gasteiger partial charge on any atom is 0.253 e. The first-order valence-electron chi connectivity index (χ1n) is 6.74. The molecule has 4 N–H and O–H groups in total. The molecule has 0 spiro atoms. The van der Waals surface area contributed by atoms with E-state index in [1.54, 1.807) is 12.1 Å². The molecular formula is C15H16ClFIN3O3. The van der Waals surface area contributed by atoms with Crippen LogP contribution in [0.15, 0.2) is 36.7 Å². The van der Waals surface area contributed by atoms with Crippen LogP contribution in [-0.4, -0.2) is 40.4 Å². The van der Waals surface area contributed by atoms with Crippen LogP contribution in [0.25, 0.3) is 0 Å². The second kappa shape index (κ2) is 9.72. The Kier molecular flexibility index (Phi) is 8.32. The number of hydrogen-bond acceptors (Lipinski definition) is 5. The summed E-state index contributed by atoms with van der Waals surface area (Å²) in [6.45, 7) is -0.537. The molecule has 130 valence electrons. The van der Waals surface area contributed by atoms with E-state index in [4.69, 9.17) is 5.11 Å². The maximum absolute atomic E-state index is 13.9. The highest BCUT2D eigenvalue weighted by atomic mass is 127. The van der Waals surface area contributed by atoms with Gasteiger partial charge < -0.3 is 20.8 Å². The molecule has 1 aromatic carbocycles. The van der Waals surface area contributed by atoms with Crippen LogP contribution >= 0.6 is 35.0 Å². The molecule has 1 atom stereocenters. The SMILES string of the molecule is Cl.O=C(NC[C@@H](O)CO)c1ccncc1Nc1ccc(I)cc1F. The molecule has 0 bridgehead atoms. The van der Waals surface area contributed by atoms with Crippen molar-refractivity contribution in [3.63, 3.8) is 0 Å². The topological polar surface area (TPSA) is 94.5 Å². The van der Waals surface area contributed by atoms with Crippen molar-refractivity contribution in [2.24, 2.45) is 0 Å².